The van der Waals surface area contributed by atoms with E-state index in [2.05, 4.69) is 0 Å². The van der Waals surface area contributed by atoms with Gasteiger partial charge < -0.3 is 0 Å². The molecule has 20 heavy (non-hydrogen) atoms. The van der Waals surface area contributed by atoms with Crippen LogP contribution in [0.2, 0.25) is 0 Å². The average molecular weight is 272 g/mol. The van der Waals surface area contributed by atoms with E-state index in [4.69, 9.17) is 0 Å². The molecule has 0 aliphatic rings. The molecule has 0 aromatic heterocycles. The monoisotopic (exact) mass is 272 g/mol. The average Bonchev–Trinajstić information content (AvgIpc) is 2.45. The molecule has 2 aromatic carbocycles. The first-order valence-corrected chi connectivity index (χ1v) is 5.98. The molecule has 2 rings (SSSR count). The largest absolute Gasteiger partial charge is 0.308 e. The molecule has 0 amide bonds. The lowest BCUT2D eigenvalue weighted by atomic mass is 9.94. The second kappa shape index (κ2) is 5.92. The van der Waals surface area contributed by atoms with Crippen LogP contribution >= 0.6 is 0 Å². The fourth-order valence-electron chi connectivity index (χ4n) is 2.14. The summed E-state index contributed by atoms with van der Waals surface area (Å²) < 4.78 is 0. The lowest BCUT2D eigenvalue weighted by Crippen LogP contribution is -2.25. The zero-order valence-electron chi connectivity index (χ0n) is 10.5. The Morgan fingerprint density at radius 1 is 0.650 bits per heavy atom. The van der Waals surface area contributed by atoms with Crippen LogP contribution in [0.15, 0.2) is 60.7 Å². The molecule has 102 valence electrons. The molecule has 0 aliphatic heterocycles. The Labute approximate surface area is 115 Å². The summed E-state index contributed by atoms with van der Waals surface area (Å²) in [5.74, 6) is 0. The first kappa shape index (κ1) is 13.7. The maximum absolute atomic E-state index is 11.3. The Morgan fingerprint density at radius 2 is 0.950 bits per heavy atom. The Morgan fingerprint density at radius 3 is 1.20 bits per heavy atom. The van der Waals surface area contributed by atoms with Crippen molar-refractivity contribution < 1.29 is 9.85 Å². The Kier molecular flexibility index (Phi) is 4.05. The smallest absolute Gasteiger partial charge is 0.264 e. The fraction of sp³-hybridized carbons (Fsp3) is 0.143. The van der Waals surface area contributed by atoms with Crippen LogP contribution in [0.4, 0.5) is 0 Å². The number of rotatable bonds is 5. The molecule has 0 aliphatic carbocycles. The van der Waals surface area contributed by atoms with E-state index >= 15 is 0 Å². The highest BCUT2D eigenvalue weighted by Crippen LogP contribution is 2.33. The minimum absolute atomic E-state index is 0.322. The highest BCUT2D eigenvalue weighted by Gasteiger charge is 2.43. The van der Waals surface area contributed by atoms with Gasteiger partial charge in [-0.05, 0) is 0 Å². The van der Waals surface area contributed by atoms with Gasteiger partial charge in [0.15, 0.2) is 0 Å². The number of nitro groups is 2. The quantitative estimate of drug-likeness (QED) is 0.618. The van der Waals surface area contributed by atoms with Crippen molar-refractivity contribution in [2.45, 2.75) is 12.1 Å². The Hall–Kier alpha value is -2.76. The molecule has 6 nitrogen and oxygen atoms in total. The van der Waals surface area contributed by atoms with E-state index in [9.17, 15) is 20.2 Å². The van der Waals surface area contributed by atoms with Crippen LogP contribution in [0.1, 0.15) is 23.2 Å². The van der Waals surface area contributed by atoms with Gasteiger partial charge in [0.1, 0.15) is 0 Å². The Bertz CT molecular complexity index is 546. The van der Waals surface area contributed by atoms with Gasteiger partial charge >= 0.3 is 12.1 Å². The van der Waals surface area contributed by atoms with Crippen molar-refractivity contribution in [1.82, 2.24) is 0 Å². The van der Waals surface area contributed by atoms with Gasteiger partial charge in [-0.15, -0.1) is 0 Å². The predicted octanol–water partition coefficient (Wildman–Crippen LogP) is 3.02. The number of nitrogens with zero attached hydrogens (tertiary/aromatic N) is 2. The van der Waals surface area contributed by atoms with Gasteiger partial charge in [-0.3, -0.25) is 20.2 Å². The van der Waals surface area contributed by atoms with Crippen LogP contribution in [-0.2, 0) is 0 Å². The first-order valence-electron chi connectivity index (χ1n) is 5.98. The second-order valence-electron chi connectivity index (χ2n) is 4.28. The minimum atomic E-state index is -1.41. The van der Waals surface area contributed by atoms with Crippen molar-refractivity contribution in [2.24, 2.45) is 0 Å². The molecule has 0 radical (unpaired) electrons. The summed E-state index contributed by atoms with van der Waals surface area (Å²) in [5.41, 5.74) is 0.645. The molecule has 2 aromatic rings. The van der Waals surface area contributed by atoms with Gasteiger partial charge in [0.05, 0.1) is 0 Å². The van der Waals surface area contributed by atoms with E-state index in [1.165, 1.54) is 24.3 Å². The molecule has 0 bridgehead atoms. The van der Waals surface area contributed by atoms with Crippen molar-refractivity contribution in [1.29, 1.82) is 0 Å². The van der Waals surface area contributed by atoms with Gasteiger partial charge in [0.2, 0.25) is 0 Å². The molecule has 0 fully saturated rings. The number of benzene rings is 2. The van der Waals surface area contributed by atoms with Gasteiger partial charge in [0, 0.05) is 21.0 Å². The molecule has 2 atom stereocenters. The third-order valence-electron chi connectivity index (χ3n) is 3.04. The lowest BCUT2D eigenvalue weighted by molar-refractivity contribution is -0.628. The summed E-state index contributed by atoms with van der Waals surface area (Å²) in [6, 6.07) is 13.3. The van der Waals surface area contributed by atoms with E-state index in [0.29, 0.717) is 11.1 Å². The summed E-state index contributed by atoms with van der Waals surface area (Å²) in [6.07, 6.45) is 0. The van der Waals surface area contributed by atoms with Crippen molar-refractivity contribution in [3.63, 3.8) is 0 Å². The maximum Gasteiger partial charge on any atom is 0.308 e. The standard InChI is InChI=1S/C14H12N2O4/c17-15(18)13(11-7-3-1-4-8-11)14(16(19)20)12-9-5-2-6-10-12/h1-10,13-14H/t13-,14+. The second-order valence-corrected chi connectivity index (χ2v) is 4.28. The highest BCUT2D eigenvalue weighted by atomic mass is 16.6. The molecular formula is C14H12N2O4. The fourth-order valence-corrected chi connectivity index (χ4v) is 2.14. The van der Waals surface area contributed by atoms with Crippen LogP contribution in [-0.4, -0.2) is 9.85 Å². The normalized spacial score (nSPS) is 13.4. The lowest BCUT2D eigenvalue weighted by Gasteiger charge is -2.15. The summed E-state index contributed by atoms with van der Waals surface area (Å²) in [6.45, 7) is 0. The molecule has 0 saturated heterocycles. The third kappa shape index (κ3) is 2.80. The SMILES string of the molecule is O=[N+]([O-])[C@H](c1ccccc1)[C@H](c1ccccc1)[N+](=O)[O-]. The number of hydrogen-bond acceptors (Lipinski definition) is 4. The Balaban J connectivity index is 2.50. The van der Waals surface area contributed by atoms with Crippen LogP contribution < -0.4 is 0 Å². The summed E-state index contributed by atoms with van der Waals surface area (Å²) in [7, 11) is 0. The van der Waals surface area contributed by atoms with Crippen molar-refractivity contribution >= 4 is 0 Å². The van der Waals surface area contributed by atoms with Gasteiger partial charge in [0.25, 0.3) is 0 Å². The van der Waals surface area contributed by atoms with Crippen LogP contribution in [0.5, 0.6) is 0 Å². The van der Waals surface area contributed by atoms with E-state index < -0.39 is 21.9 Å². The number of hydrogen-bond donors (Lipinski definition) is 0. The maximum atomic E-state index is 11.3. The van der Waals surface area contributed by atoms with E-state index in [0.717, 1.165) is 0 Å². The molecule has 6 heteroatoms. The molecule has 0 saturated carbocycles. The summed E-state index contributed by atoms with van der Waals surface area (Å²) in [5, 5.41) is 22.6. The van der Waals surface area contributed by atoms with E-state index in [1.807, 2.05) is 0 Å². The zero-order chi connectivity index (χ0) is 14.5. The van der Waals surface area contributed by atoms with Crippen molar-refractivity contribution in [3.8, 4) is 0 Å². The van der Waals surface area contributed by atoms with Crippen molar-refractivity contribution in [3.05, 3.63) is 92.0 Å². The molecule has 0 unspecified atom stereocenters. The van der Waals surface area contributed by atoms with Gasteiger partial charge in [-0.1, -0.05) is 60.7 Å². The molecule has 0 N–H and O–H groups in total. The summed E-state index contributed by atoms with van der Waals surface area (Å²) in [4.78, 5) is 21.4. The predicted molar refractivity (Wildman–Crippen MR) is 72.4 cm³/mol. The van der Waals surface area contributed by atoms with Crippen LogP contribution in [0.3, 0.4) is 0 Å². The molecule has 0 spiro atoms. The highest BCUT2D eigenvalue weighted by molar-refractivity contribution is 5.24. The van der Waals surface area contributed by atoms with Crippen LogP contribution in [0, 0.1) is 20.2 Å². The first-order chi connectivity index (χ1) is 9.61. The van der Waals surface area contributed by atoms with E-state index in [-0.39, 0.29) is 0 Å². The van der Waals surface area contributed by atoms with E-state index in [1.54, 1.807) is 36.4 Å². The van der Waals surface area contributed by atoms with Gasteiger partial charge in [-0.2, -0.15) is 0 Å². The van der Waals surface area contributed by atoms with Gasteiger partial charge in [-0.25, -0.2) is 0 Å². The zero-order valence-corrected chi connectivity index (χ0v) is 10.5. The topological polar surface area (TPSA) is 86.3 Å². The third-order valence-corrected chi connectivity index (χ3v) is 3.04. The molecule has 0 heterocycles. The minimum Gasteiger partial charge on any atom is -0.264 e. The summed E-state index contributed by atoms with van der Waals surface area (Å²) >= 11 is 0. The van der Waals surface area contributed by atoms with Crippen LogP contribution in [0.25, 0.3) is 0 Å². The molecular weight excluding hydrogens is 260 g/mol. The van der Waals surface area contributed by atoms with Crippen molar-refractivity contribution in [2.75, 3.05) is 0 Å².